The fourth-order valence-corrected chi connectivity index (χ4v) is 5.29. The van der Waals surface area contributed by atoms with Crippen molar-refractivity contribution in [1.82, 2.24) is 9.47 Å². The molecule has 1 aliphatic heterocycles. The minimum absolute atomic E-state index is 0.00125. The third kappa shape index (κ3) is 4.80. The molecule has 2 heterocycles. The summed E-state index contributed by atoms with van der Waals surface area (Å²) in [6.45, 7) is 4.72. The number of benzene rings is 2. The normalized spacial score (nSPS) is 15.3. The molecule has 3 aromatic rings. The predicted octanol–water partition coefficient (Wildman–Crippen LogP) is 3.66. The number of likely N-dealkylation sites (tertiary alicyclic amines) is 1. The van der Waals surface area contributed by atoms with Crippen LogP contribution in [-0.2, 0) is 11.0 Å². The van der Waals surface area contributed by atoms with E-state index in [2.05, 4.69) is 0 Å². The van der Waals surface area contributed by atoms with Gasteiger partial charge in [-0.1, -0.05) is 35.9 Å². The summed E-state index contributed by atoms with van der Waals surface area (Å²) in [5, 5.41) is 9.93. The Kier molecular flexibility index (Phi) is 6.68. The number of hydrogen-bond donors (Lipinski definition) is 0. The topological polar surface area (TPSA) is 66.1 Å². The first kappa shape index (κ1) is 24.5. The number of nitriles is 1. The van der Waals surface area contributed by atoms with Crippen molar-refractivity contribution in [3.8, 4) is 11.8 Å². The number of aryl methyl sites for hydroxylation is 2. The molecule has 1 fully saturated rings. The average molecular weight is 498 g/mol. The van der Waals surface area contributed by atoms with E-state index in [-0.39, 0.29) is 20.3 Å². The van der Waals surface area contributed by atoms with Crippen LogP contribution < -0.4 is 14.8 Å². The number of aromatic nitrogens is 1. The van der Waals surface area contributed by atoms with Gasteiger partial charge in [-0.3, -0.25) is 14.2 Å². The van der Waals surface area contributed by atoms with Gasteiger partial charge in [-0.25, -0.2) is 0 Å². The van der Waals surface area contributed by atoms with E-state index in [1.54, 1.807) is 24.0 Å². The van der Waals surface area contributed by atoms with Gasteiger partial charge in [-0.15, -0.1) is 11.3 Å². The van der Waals surface area contributed by atoms with Crippen LogP contribution in [0.2, 0.25) is 0 Å². The van der Waals surface area contributed by atoms with Crippen molar-refractivity contribution in [2.45, 2.75) is 32.9 Å². The quantitative estimate of drug-likeness (QED) is 0.555. The standard InChI is InChI=1S/C26H22F3N3O2S/c1-16-9-10-21(17(2)13-16)32-24(34)22(14-18-7-3-4-8-20(18)26(27,28)29)35-25(32)19(15-30)23(33)31-11-5-6-12-31/h3-4,7-10,13-14H,5-6,11-12H2,1-2H3/b22-14+,25-19-. The second kappa shape index (κ2) is 9.55. The first-order chi connectivity index (χ1) is 16.6. The highest BCUT2D eigenvalue weighted by Crippen LogP contribution is 2.32. The molecule has 0 saturated carbocycles. The average Bonchev–Trinajstić information content (AvgIpc) is 3.44. The monoisotopic (exact) mass is 497 g/mol. The molecular weight excluding hydrogens is 475 g/mol. The Morgan fingerprint density at radius 3 is 2.43 bits per heavy atom. The molecule has 0 atom stereocenters. The fourth-order valence-electron chi connectivity index (χ4n) is 4.21. The molecule has 0 N–H and O–H groups in total. The summed E-state index contributed by atoms with van der Waals surface area (Å²) in [5.74, 6) is -0.480. The molecule has 180 valence electrons. The Morgan fingerprint density at radius 1 is 1.11 bits per heavy atom. The van der Waals surface area contributed by atoms with Gasteiger partial charge in [0, 0.05) is 13.1 Å². The largest absolute Gasteiger partial charge is 0.416 e. The number of carbonyl (C=O) groups excluding carboxylic acids is 1. The number of nitrogens with zero attached hydrogens (tertiary/aromatic N) is 3. The second-order valence-corrected chi connectivity index (χ2v) is 9.45. The van der Waals surface area contributed by atoms with Crippen LogP contribution in [0.15, 0.2) is 47.3 Å². The number of halogens is 3. The van der Waals surface area contributed by atoms with Gasteiger partial charge in [0.25, 0.3) is 11.5 Å². The molecule has 1 aromatic heterocycles. The van der Waals surface area contributed by atoms with Crippen LogP contribution in [0.4, 0.5) is 13.2 Å². The van der Waals surface area contributed by atoms with Gasteiger partial charge in [0.15, 0.2) is 5.57 Å². The van der Waals surface area contributed by atoms with Gasteiger partial charge < -0.3 is 4.90 Å². The molecule has 5 nitrogen and oxygen atoms in total. The van der Waals surface area contributed by atoms with Crippen molar-refractivity contribution < 1.29 is 18.0 Å². The van der Waals surface area contributed by atoms with E-state index in [4.69, 9.17) is 0 Å². The van der Waals surface area contributed by atoms with Crippen LogP contribution in [0.3, 0.4) is 0 Å². The fraction of sp³-hybridized carbons (Fsp3) is 0.269. The molecule has 35 heavy (non-hydrogen) atoms. The van der Waals surface area contributed by atoms with E-state index in [9.17, 15) is 28.0 Å². The third-order valence-corrected chi connectivity index (χ3v) is 6.99. The number of thiazole rings is 1. The van der Waals surface area contributed by atoms with E-state index >= 15 is 0 Å². The Labute approximate surface area is 203 Å². The van der Waals surface area contributed by atoms with Crippen molar-refractivity contribution in [3.63, 3.8) is 0 Å². The van der Waals surface area contributed by atoms with Gasteiger partial charge in [-0.2, -0.15) is 18.4 Å². The number of alkyl halides is 3. The first-order valence-corrected chi connectivity index (χ1v) is 11.8. The summed E-state index contributed by atoms with van der Waals surface area (Å²) in [4.78, 5) is 28.3. The zero-order valence-corrected chi connectivity index (χ0v) is 20.0. The molecule has 0 spiro atoms. The van der Waals surface area contributed by atoms with Crippen molar-refractivity contribution in [2.24, 2.45) is 0 Å². The van der Waals surface area contributed by atoms with Gasteiger partial charge in [0.05, 0.1) is 15.8 Å². The van der Waals surface area contributed by atoms with E-state index in [0.29, 0.717) is 18.8 Å². The lowest BCUT2D eigenvalue weighted by molar-refractivity contribution is -0.137. The maximum Gasteiger partial charge on any atom is 0.416 e. The van der Waals surface area contributed by atoms with Gasteiger partial charge in [0.2, 0.25) is 0 Å². The minimum Gasteiger partial charge on any atom is -0.338 e. The molecule has 1 saturated heterocycles. The SMILES string of the molecule is Cc1ccc(-n2c(=O)/c(=C\c3ccccc3C(F)(F)F)s/c2=C(/C#N)C(=O)N2CCCC2)c(C)c1. The van der Waals surface area contributed by atoms with Crippen molar-refractivity contribution in [2.75, 3.05) is 13.1 Å². The molecule has 0 bridgehead atoms. The number of carbonyl (C=O) groups is 1. The van der Waals surface area contributed by atoms with E-state index in [1.807, 2.05) is 19.1 Å². The summed E-state index contributed by atoms with van der Waals surface area (Å²) in [5.41, 5.74) is 0.345. The van der Waals surface area contributed by atoms with E-state index in [1.165, 1.54) is 28.8 Å². The molecule has 1 amide bonds. The molecule has 4 rings (SSSR count). The zero-order chi connectivity index (χ0) is 25.3. The third-order valence-electron chi connectivity index (χ3n) is 5.90. The van der Waals surface area contributed by atoms with Crippen LogP contribution in [-0.4, -0.2) is 28.5 Å². The Bertz CT molecular complexity index is 1520. The van der Waals surface area contributed by atoms with Gasteiger partial charge in [0.1, 0.15) is 10.7 Å². The predicted molar refractivity (Wildman–Crippen MR) is 128 cm³/mol. The minimum atomic E-state index is -4.60. The van der Waals surface area contributed by atoms with E-state index in [0.717, 1.165) is 41.4 Å². The zero-order valence-electron chi connectivity index (χ0n) is 19.1. The molecular formula is C26H22F3N3O2S. The van der Waals surface area contributed by atoms with Crippen LogP contribution in [0, 0.1) is 25.2 Å². The van der Waals surface area contributed by atoms with Crippen LogP contribution in [0.1, 0.15) is 35.1 Å². The first-order valence-electron chi connectivity index (χ1n) is 11.0. The summed E-state index contributed by atoms with van der Waals surface area (Å²) in [6, 6.07) is 12.3. The summed E-state index contributed by atoms with van der Waals surface area (Å²) < 4.78 is 42.0. The van der Waals surface area contributed by atoms with Crippen molar-refractivity contribution >= 4 is 28.9 Å². The van der Waals surface area contributed by atoms with E-state index < -0.39 is 23.2 Å². The molecule has 1 aliphatic rings. The maximum atomic E-state index is 13.6. The maximum absolute atomic E-state index is 13.6. The Balaban J connectivity index is 2.07. The number of rotatable bonds is 3. The highest BCUT2D eigenvalue weighted by Gasteiger charge is 2.32. The lowest BCUT2D eigenvalue weighted by Gasteiger charge is -2.14. The molecule has 0 aliphatic carbocycles. The highest BCUT2D eigenvalue weighted by molar-refractivity contribution is 7.07. The van der Waals surface area contributed by atoms with Crippen LogP contribution in [0.5, 0.6) is 0 Å². The van der Waals surface area contributed by atoms with Gasteiger partial charge in [-0.05, 0) is 56.0 Å². The smallest absolute Gasteiger partial charge is 0.338 e. The van der Waals surface area contributed by atoms with Gasteiger partial charge >= 0.3 is 6.18 Å². The highest BCUT2D eigenvalue weighted by atomic mass is 32.1. The lowest BCUT2D eigenvalue weighted by Crippen LogP contribution is -2.35. The van der Waals surface area contributed by atoms with Crippen molar-refractivity contribution in [3.05, 3.63) is 84.3 Å². The molecule has 0 unspecified atom stereocenters. The summed E-state index contributed by atoms with van der Waals surface area (Å²) in [6.07, 6.45) is -1.78. The Hall–Kier alpha value is -3.64. The summed E-state index contributed by atoms with van der Waals surface area (Å²) in [7, 11) is 0. The lowest BCUT2D eigenvalue weighted by atomic mass is 10.1. The van der Waals surface area contributed by atoms with Crippen LogP contribution >= 0.6 is 11.3 Å². The number of hydrogen-bond acceptors (Lipinski definition) is 4. The van der Waals surface area contributed by atoms with Crippen LogP contribution in [0.25, 0.3) is 17.3 Å². The second-order valence-electron chi connectivity index (χ2n) is 8.42. The molecule has 2 aromatic carbocycles. The molecule has 0 radical (unpaired) electrons. The Morgan fingerprint density at radius 2 is 1.80 bits per heavy atom. The number of amides is 1. The summed E-state index contributed by atoms with van der Waals surface area (Å²) >= 11 is 0.848. The molecule has 9 heteroatoms. The van der Waals surface area contributed by atoms with Crippen molar-refractivity contribution in [1.29, 1.82) is 5.26 Å².